The quantitative estimate of drug-likeness (QED) is 0.678. The SMILES string of the molecule is CCC(C)=O.II. The maximum absolute atomic E-state index is 9.81. The highest BCUT2D eigenvalue weighted by Crippen LogP contribution is 1.89. The molecule has 0 spiro atoms. The molecule has 1 nitrogen and oxygen atoms in total. The van der Waals surface area contributed by atoms with E-state index < -0.39 is 0 Å². The lowest BCUT2D eigenvalue weighted by Crippen LogP contribution is -1.80. The van der Waals surface area contributed by atoms with Crippen LogP contribution in [-0.4, -0.2) is 5.78 Å². The Morgan fingerprint density at radius 1 is 1.57 bits per heavy atom. The number of ketones is 1. The van der Waals surface area contributed by atoms with Crippen molar-refractivity contribution in [1.29, 1.82) is 0 Å². The third kappa shape index (κ3) is 19.2. The highest BCUT2D eigenvalue weighted by atomic mass is 128. The van der Waals surface area contributed by atoms with Gasteiger partial charge in [-0.3, -0.25) is 0 Å². The van der Waals surface area contributed by atoms with Crippen LogP contribution < -0.4 is 0 Å². The number of hydrogen-bond acceptors (Lipinski definition) is 1. The van der Waals surface area contributed by atoms with E-state index in [1.54, 1.807) is 6.92 Å². The van der Waals surface area contributed by atoms with Crippen molar-refractivity contribution in [3.63, 3.8) is 0 Å². The summed E-state index contributed by atoms with van der Waals surface area (Å²) in [5.41, 5.74) is 0. The summed E-state index contributed by atoms with van der Waals surface area (Å²) in [5, 5.41) is 0. The van der Waals surface area contributed by atoms with Gasteiger partial charge in [0.15, 0.2) is 0 Å². The summed E-state index contributed by atoms with van der Waals surface area (Å²) < 4.78 is 0. The summed E-state index contributed by atoms with van der Waals surface area (Å²) in [6, 6.07) is 0. The topological polar surface area (TPSA) is 17.1 Å². The second-order valence-corrected chi connectivity index (χ2v) is 1.06. The minimum atomic E-state index is 0.255. The van der Waals surface area contributed by atoms with Gasteiger partial charge in [0.25, 0.3) is 0 Å². The van der Waals surface area contributed by atoms with Gasteiger partial charge in [0.1, 0.15) is 5.78 Å². The Morgan fingerprint density at radius 3 is 1.71 bits per heavy atom. The molecule has 0 rings (SSSR count). The first-order chi connectivity index (χ1) is 3.27. The Hall–Kier alpha value is 1.13. The summed E-state index contributed by atoms with van der Waals surface area (Å²) in [6.45, 7) is 3.43. The average Bonchev–Trinajstić information content (AvgIpc) is 1.73. The number of rotatable bonds is 1. The number of halogens is 2. The molecule has 0 aliphatic carbocycles. The third-order valence-electron chi connectivity index (χ3n) is 0.498. The van der Waals surface area contributed by atoms with Gasteiger partial charge < -0.3 is 4.79 Å². The number of hydrogen-bond donors (Lipinski definition) is 0. The molecule has 0 saturated heterocycles. The van der Waals surface area contributed by atoms with Crippen molar-refractivity contribution in [2.45, 2.75) is 20.3 Å². The molecule has 44 valence electrons. The second-order valence-electron chi connectivity index (χ2n) is 1.06. The summed E-state index contributed by atoms with van der Waals surface area (Å²) in [4.78, 5) is 9.81. The van der Waals surface area contributed by atoms with Crippen LogP contribution in [0.15, 0.2) is 0 Å². The van der Waals surface area contributed by atoms with E-state index in [0.29, 0.717) is 6.42 Å². The molecule has 7 heavy (non-hydrogen) atoms. The zero-order chi connectivity index (χ0) is 6.28. The van der Waals surface area contributed by atoms with Crippen LogP contribution in [-0.2, 0) is 4.79 Å². The first-order valence-corrected chi connectivity index (χ1v) is 8.19. The van der Waals surface area contributed by atoms with Crippen LogP contribution in [0.2, 0.25) is 0 Å². The summed E-state index contributed by atoms with van der Waals surface area (Å²) in [7, 11) is 0. The lowest BCUT2D eigenvalue weighted by atomic mass is 10.4. The molecule has 0 aromatic heterocycles. The lowest BCUT2D eigenvalue weighted by Gasteiger charge is -1.71. The van der Waals surface area contributed by atoms with Crippen LogP contribution >= 0.6 is 37.2 Å². The van der Waals surface area contributed by atoms with Crippen molar-refractivity contribution < 1.29 is 4.79 Å². The van der Waals surface area contributed by atoms with E-state index in [1.807, 2.05) is 6.92 Å². The highest BCUT2D eigenvalue weighted by molar-refractivity contribution is 15.0. The Kier molecular flexibility index (Phi) is 16.0. The minimum Gasteiger partial charge on any atom is -0.300 e. The van der Waals surface area contributed by atoms with Crippen molar-refractivity contribution in [2.24, 2.45) is 0 Å². The standard InChI is InChI=1S/C4H8O.I2/c1-3-4(2)5;1-2/h3H2,1-2H3;. The molecular weight excluding hydrogens is 318 g/mol. The van der Waals surface area contributed by atoms with Crippen molar-refractivity contribution in [3.8, 4) is 0 Å². The monoisotopic (exact) mass is 326 g/mol. The maximum atomic E-state index is 9.81. The summed E-state index contributed by atoms with van der Waals surface area (Å²) in [5.74, 6) is 0.255. The van der Waals surface area contributed by atoms with Crippen molar-refractivity contribution in [1.82, 2.24) is 0 Å². The van der Waals surface area contributed by atoms with Crippen molar-refractivity contribution >= 4 is 43.0 Å². The Labute approximate surface area is 67.6 Å². The van der Waals surface area contributed by atoms with Crippen LogP contribution in [0.5, 0.6) is 0 Å². The number of carbonyl (C=O) groups excluding carboxylic acids is 1. The normalized spacial score (nSPS) is 6.29. The molecule has 0 fully saturated rings. The van der Waals surface area contributed by atoms with Gasteiger partial charge in [-0.2, -0.15) is 0 Å². The molecule has 0 heterocycles. The summed E-state index contributed by atoms with van der Waals surface area (Å²) >= 11 is 4.24. The van der Waals surface area contributed by atoms with E-state index in [0.717, 1.165) is 0 Å². The predicted molar refractivity (Wildman–Crippen MR) is 49.0 cm³/mol. The molecule has 0 aromatic carbocycles. The highest BCUT2D eigenvalue weighted by Gasteiger charge is 1.76. The molecule has 0 aliphatic heterocycles. The average molecular weight is 326 g/mol. The molecule has 3 heteroatoms. The Bertz CT molecular complexity index is 45.0. The van der Waals surface area contributed by atoms with Crippen molar-refractivity contribution in [3.05, 3.63) is 0 Å². The molecule has 0 aliphatic rings. The molecule has 0 unspecified atom stereocenters. The minimum absolute atomic E-state index is 0.255. The van der Waals surface area contributed by atoms with Gasteiger partial charge in [0.05, 0.1) is 0 Å². The van der Waals surface area contributed by atoms with E-state index in [-0.39, 0.29) is 5.78 Å². The van der Waals surface area contributed by atoms with Gasteiger partial charge in [-0.1, -0.05) is 6.92 Å². The first-order valence-electron chi connectivity index (χ1n) is 1.91. The molecule has 0 saturated carbocycles. The number of carbonyl (C=O) groups is 1. The van der Waals surface area contributed by atoms with Gasteiger partial charge >= 0.3 is 0 Å². The van der Waals surface area contributed by atoms with Gasteiger partial charge in [-0.05, 0) is 6.92 Å². The first kappa shape index (κ1) is 11.0. The fourth-order valence-electron chi connectivity index (χ4n) is 0. The van der Waals surface area contributed by atoms with Gasteiger partial charge in [0.2, 0.25) is 0 Å². The molecule has 0 aromatic rings. The number of Topliss-reactive ketones (excluding diaryl/α,β-unsaturated/α-hetero) is 1. The van der Waals surface area contributed by atoms with Crippen LogP contribution in [0.4, 0.5) is 0 Å². The molecular formula is C4H8I2O. The predicted octanol–water partition coefficient (Wildman–Crippen LogP) is 2.76. The summed E-state index contributed by atoms with van der Waals surface area (Å²) in [6.07, 6.45) is 0.667. The van der Waals surface area contributed by atoms with E-state index >= 15 is 0 Å². The molecule has 0 atom stereocenters. The van der Waals surface area contributed by atoms with Gasteiger partial charge in [-0.15, -0.1) is 0 Å². The lowest BCUT2D eigenvalue weighted by molar-refractivity contribution is -0.116. The van der Waals surface area contributed by atoms with Crippen molar-refractivity contribution in [2.75, 3.05) is 0 Å². The zero-order valence-electron chi connectivity index (χ0n) is 4.37. The van der Waals surface area contributed by atoms with E-state index in [9.17, 15) is 4.79 Å². The fourth-order valence-corrected chi connectivity index (χ4v) is 0. The molecule has 0 N–H and O–H groups in total. The smallest absolute Gasteiger partial charge is 0.129 e. The molecule has 0 bridgehead atoms. The Morgan fingerprint density at radius 2 is 1.71 bits per heavy atom. The second kappa shape index (κ2) is 10.2. The van der Waals surface area contributed by atoms with Gasteiger partial charge in [0, 0.05) is 43.7 Å². The van der Waals surface area contributed by atoms with E-state index in [2.05, 4.69) is 37.2 Å². The van der Waals surface area contributed by atoms with Crippen LogP contribution in [0.3, 0.4) is 0 Å². The van der Waals surface area contributed by atoms with Crippen LogP contribution in [0.1, 0.15) is 20.3 Å². The van der Waals surface area contributed by atoms with Crippen LogP contribution in [0.25, 0.3) is 0 Å². The van der Waals surface area contributed by atoms with Gasteiger partial charge in [-0.25, -0.2) is 0 Å². The zero-order valence-corrected chi connectivity index (χ0v) is 8.69. The largest absolute Gasteiger partial charge is 0.300 e. The third-order valence-corrected chi connectivity index (χ3v) is 0.498. The molecule has 0 radical (unpaired) electrons. The Balaban J connectivity index is 0. The maximum Gasteiger partial charge on any atom is 0.129 e. The van der Waals surface area contributed by atoms with E-state index in [4.69, 9.17) is 0 Å². The van der Waals surface area contributed by atoms with E-state index in [1.165, 1.54) is 0 Å². The van der Waals surface area contributed by atoms with Crippen LogP contribution in [0, 0.1) is 0 Å². The molecule has 0 amide bonds. The fraction of sp³-hybridized carbons (Fsp3) is 0.750.